The standard InChI is InChI=1S/C18H16F2N4O2/c1-11(13-6-8-14(9-7-13)26-18(19)20)22-23-17(25)16-12(2)21-15-5-3-4-10-24(15)16/h3-10,18H,1-2H3,(H,23,25)/b22-11-. The van der Waals surface area contributed by atoms with E-state index in [1.807, 2.05) is 12.1 Å². The van der Waals surface area contributed by atoms with Crippen molar-refractivity contribution < 1.29 is 18.3 Å². The first-order valence-corrected chi connectivity index (χ1v) is 7.79. The molecule has 3 rings (SSSR count). The van der Waals surface area contributed by atoms with Gasteiger partial charge in [0.25, 0.3) is 5.91 Å². The lowest BCUT2D eigenvalue weighted by atomic mass is 10.1. The number of halogens is 2. The molecule has 1 aromatic carbocycles. The Bertz CT molecular complexity index is 965. The second kappa shape index (κ2) is 7.30. The smallest absolute Gasteiger partial charge is 0.387 e. The number of carbonyl (C=O) groups excluding carboxylic acids is 1. The highest BCUT2D eigenvalue weighted by Gasteiger charge is 2.16. The van der Waals surface area contributed by atoms with Gasteiger partial charge in [-0.1, -0.05) is 6.07 Å². The number of imidazole rings is 1. The Morgan fingerprint density at radius 2 is 1.96 bits per heavy atom. The highest BCUT2D eigenvalue weighted by molar-refractivity contribution is 6.01. The number of aryl methyl sites for hydroxylation is 1. The lowest BCUT2D eigenvalue weighted by Crippen LogP contribution is -2.21. The first kappa shape index (κ1) is 17.5. The Labute approximate surface area is 148 Å². The molecule has 0 spiro atoms. The summed E-state index contributed by atoms with van der Waals surface area (Å²) in [5.41, 5.74) is 5.36. The fourth-order valence-electron chi connectivity index (χ4n) is 2.52. The molecule has 0 saturated heterocycles. The Morgan fingerprint density at radius 1 is 1.23 bits per heavy atom. The van der Waals surface area contributed by atoms with Crippen molar-refractivity contribution >= 4 is 17.3 Å². The van der Waals surface area contributed by atoms with Crippen LogP contribution < -0.4 is 10.2 Å². The van der Waals surface area contributed by atoms with Gasteiger partial charge in [0.15, 0.2) is 0 Å². The van der Waals surface area contributed by atoms with Crippen molar-refractivity contribution in [1.29, 1.82) is 0 Å². The molecule has 0 aliphatic carbocycles. The van der Waals surface area contributed by atoms with Crippen LogP contribution in [0.4, 0.5) is 8.78 Å². The maximum atomic E-state index is 12.5. The highest BCUT2D eigenvalue weighted by Crippen LogP contribution is 2.15. The molecule has 0 bridgehead atoms. The molecule has 0 saturated carbocycles. The van der Waals surface area contributed by atoms with Crippen LogP contribution in [0.15, 0.2) is 53.8 Å². The zero-order chi connectivity index (χ0) is 18.7. The van der Waals surface area contributed by atoms with Gasteiger partial charge in [0.1, 0.15) is 17.1 Å². The van der Waals surface area contributed by atoms with E-state index in [9.17, 15) is 13.6 Å². The Hall–Kier alpha value is -3.29. The first-order chi connectivity index (χ1) is 12.5. The minimum atomic E-state index is -2.87. The molecule has 3 aromatic rings. The molecule has 2 heterocycles. The number of nitrogens with zero attached hydrogens (tertiary/aromatic N) is 3. The Morgan fingerprint density at radius 3 is 2.65 bits per heavy atom. The van der Waals surface area contributed by atoms with Crippen LogP contribution in [0.2, 0.25) is 0 Å². The quantitative estimate of drug-likeness (QED) is 0.561. The maximum Gasteiger partial charge on any atom is 0.387 e. The van der Waals surface area contributed by atoms with Gasteiger partial charge in [-0.25, -0.2) is 10.4 Å². The number of hydrogen-bond donors (Lipinski definition) is 1. The van der Waals surface area contributed by atoms with Crippen molar-refractivity contribution in [1.82, 2.24) is 14.8 Å². The van der Waals surface area contributed by atoms with Crippen LogP contribution in [0.5, 0.6) is 5.75 Å². The van der Waals surface area contributed by atoms with Gasteiger partial charge in [0, 0.05) is 6.20 Å². The van der Waals surface area contributed by atoms with E-state index in [2.05, 4.69) is 20.2 Å². The normalized spacial score (nSPS) is 11.8. The summed E-state index contributed by atoms with van der Waals surface area (Å²) in [6, 6.07) is 11.5. The van der Waals surface area contributed by atoms with Crippen molar-refractivity contribution in [3.8, 4) is 5.75 Å². The van der Waals surface area contributed by atoms with E-state index in [4.69, 9.17) is 0 Å². The second-order valence-corrected chi connectivity index (χ2v) is 5.52. The summed E-state index contributed by atoms with van der Waals surface area (Å²) >= 11 is 0. The molecule has 26 heavy (non-hydrogen) atoms. The zero-order valence-electron chi connectivity index (χ0n) is 14.1. The van der Waals surface area contributed by atoms with Crippen LogP contribution in [0, 0.1) is 6.92 Å². The summed E-state index contributed by atoms with van der Waals surface area (Å²) in [4.78, 5) is 16.8. The maximum absolute atomic E-state index is 12.5. The van der Waals surface area contributed by atoms with E-state index in [1.165, 1.54) is 12.1 Å². The summed E-state index contributed by atoms with van der Waals surface area (Å²) in [7, 11) is 0. The van der Waals surface area contributed by atoms with Crippen LogP contribution in [0.3, 0.4) is 0 Å². The number of hydrazone groups is 1. The number of alkyl halides is 2. The van der Waals surface area contributed by atoms with Crippen LogP contribution in [-0.2, 0) is 0 Å². The van der Waals surface area contributed by atoms with E-state index < -0.39 is 12.5 Å². The largest absolute Gasteiger partial charge is 0.435 e. The predicted octanol–water partition coefficient (Wildman–Crippen LogP) is 3.40. The number of pyridine rings is 1. The van der Waals surface area contributed by atoms with E-state index in [0.717, 1.165) is 0 Å². The minimum Gasteiger partial charge on any atom is -0.435 e. The molecule has 134 valence electrons. The van der Waals surface area contributed by atoms with Gasteiger partial charge in [-0.3, -0.25) is 9.20 Å². The number of aromatic nitrogens is 2. The molecule has 0 fully saturated rings. The van der Waals surface area contributed by atoms with Gasteiger partial charge in [-0.15, -0.1) is 0 Å². The molecule has 0 aliphatic rings. The number of nitrogens with one attached hydrogen (secondary N) is 1. The van der Waals surface area contributed by atoms with Crippen molar-refractivity contribution in [2.75, 3.05) is 0 Å². The molecule has 2 aromatic heterocycles. The van der Waals surface area contributed by atoms with Crippen LogP contribution in [0.25, 0.3) is 5.65 Å². The lowest BCUT2D eigenvalue weighted by molar-refractivity contribution is -0.0498. The van der Waals surface area contributed by atoms with Crippen molar-refractivity contribution in [2.45, 2.75) is 20.5 Å². The number of ether oxygens (including phenoxy) is 1. The monoisotopic (exact) mass is 358 g/mol. The Balaban J connectivity index is 1.76. The highest BCUT2D eigenvalue weighted by atomic mass is 19.3. The van der Waals surface area contributed by atoms with E-state index in [1.54, 1.807) is 42.6 Å². The average Bonchev–Trinajstić information content (AvgIpc) is 2.95. The van der Waals surface area contributed by atoms with Crippen LogP contribution in [-0.4, -0.2) is 27.6 Å². The minimum absolute atomic E-state index is 0.0574. The summed E-state index contributed by atoms with van der Waals surface area (Å²) in [5, 5.41) is 4.08. The molecule has 0 atom stereocenters. The number of fused-ring (bicyclic) bond motifs is 1. The second-order valence-electron chi connectivity index (χ2n) is 5.52. The summed E-state index contributed by atoms with van der Waals surface area (Å²) in [6.07, 6.45) is 1.75. The van der Waals surface area contributed by atoms with Gasteiger partial charge in [0.2, 0.25) is 0 Å². The molecule has 0 radical (unpaired) electrons. The number of rotatable bonds is 5. The third kappa shape index (κ3) is 3.69. The van der Waals surface area contributed by atoms with Gasteiger partial charge >= 0.3 is 6.61 Å². The van der Waals surface area contributed by atoms with E-state index in [-0.39, 0.29) is 5.75 Å². The van der Waals surface area contributed by atoms with Crippen molar-refractivity contribution in [3.05, 3.63) is 65.6 Å². The molecule has 1 amide bonds. The topological polar surface area (TPSA) is 68.0 Å². The lowest BCUT2D eigenvalue weighted by Gasteiger charge is -2.06. The number of carbonyl (C=O) groups is 1. The van der Waals surface area contributed by atoms with Crippen LogP contribution in [0.1, 0.15) is 28.7 Å². The van der Waals surface area contributed by atoms with E-state index >= 15 is 0 Å². The Kier molecular flexibility index (Phi) is 4.92. The van der Waals surface area contributed by atoms with Gasteiger partial charge < -0.3 is 4.74 Å². The van der Waals surface area contributed by atoms with Gasteiger partial charge in [-0.05, 0) is 55.8 Å². The third-order valence-electron chi connectivity index (χ3n) is 3.74. The van der Waals surface area contributed by atoms with Gasteiger partial charge in [0.05, 0.1) is 11.4 Å². The zero-order valence-corrected chi connectivity index (χ0v) is 14.1. The molecule has 0 aliphatic heterocycles. The number of amides is 1. The number of benzene rings is 1. The van der Waals surface area contributed by atoms with E-state index in [0.29, 0.717) is 28.3 Å². The summed E-state index contributed by atoms with van der Waals surface area (Å²) < 4.78 is 30.3. The predicted molar refractivity (Wildman–Crippen MR) is 92.7 cm³/mol. The fraction of sp³-hybridized carbons (Fsp3) is 0.167. The van der Waals surface area contributed by atoms with Gasteiger partial charge in [-0.2, -0.15) is 13.9 Å². The number of hydrogen-bond acceptors (Lipinski definition) is 4. The van der Waals surface area contributed by atoms with Crippen molar-refractivity contribution in [3.63, 3.8) is 0 Å². The average molecular weight is 358 g/mol. The fourth-order valence-corrected chi connectivity index (χ4v) is 2.52. The molecule has 6 nitrogen and oxygen atoms in total. The van der Waals surface area contributed by atoms with Crippen molar-refractivity contribution in [2.24, 2.45) is 5.10 Å². The van der Waals surface area contributed by atoms with Crippen LogP contribution >= 0.6 is 0 Å². The molecular formula is C18H16F2N4O2. The molecule has 1 N–H and O–H groups in total. The summed E-state index contributed by atoms with van der Waals surface area (Å²) in [5.74, 6) is -0.333. The molecule has 8 heteroatoms. The molecule has 0 unspecified atom stereocenters. The summed E-state index contributed by atoms with van der Waals surface area (Å²) in [6.45, 7) is 0.578. The third-order valence-corrected chi connectivity index (χ3v) is 3.74. The SMILES string of the molecule is C/C(=N/NC(=O)c1c(C)nc2ccccn12)c1ccc(OC(F)F)cc1. The molecular weight excluding hydrogens is 342 g/mol. The first-order valence-electron chi connectivity index (χ1n) is 7.79.